The fourth-order valence-corrected chi connectivity index (χ4v) is 1.77. The van der Waals surface area contributed by atoms with Crippen molar-refractivity contribution in [1.82, 2.24) is 0 Å². The number of carbonyl (C=O) groups excluding carboxylic acids is 2. The molecule has 0 radical (unpaired) electrons. The van der Waals surface area contributed by atoms with E-state index in [0.29, 0.717) is 18.3 Å². The molecule has 4 nitrogen and oxygen atoms in total. The molecule has 1 aliphatic rings. The Morgan fingerprint density at radius 1 is 1.44 bits per heavy atom. The summed E-state index contributed by atoms with van der Waals surface area (Å²) >= 11 is 0. The maximum Gasteiger partial charge on any atom is 0.185 e. The number of aliphatic hydroxyl groups excluding tert-OH is 1. The molecule has 0 fully saturated rings. The van der Waals surface area contributed by atoms with Crippen LogP contribution in [0.4, 0.5) is 0 Å². The topological polar surface area (TPSA) is 67.5 Å². The SMILES string of the molecule is O=Cc1ccc(C(O)C2=CCCCC2=O)o1. The Bertz CT molecular complexity index is 442. The lowest BCUT2D eigenvalue weighted by Crippen LogP contribution is -2.14. The number of hydrogen-bond acceptors (Lipinski definition) is 4. The van der Waals surface area contributed by atoms with Gasteiger partial charge in [-0.15, -0.1) is 0 Å². The lowest BCUT2D eigenvalue weighted by molar-refractivity contribution is -0.117. The van der Waals surface area contributed by atoms with Gasteiger partial charge in [0.05, 0.1) is 0 Å². The van der Waals surface area contributed by atoms with Gasteiger partial charge in [-0.3, -0.25) is 9.59 Å². The van der Waals surface area contributed by atoms with Crippen LogP contribution < -0.4 is 0 Å². The fourth-order valence-electron chi connectivity index (χ4n) is 1.77. The molecule has 0 amide bonds. The normalized spacial score (nSPS) is 18.1. The van der Waals surface area contributed by atoms with Gasteiger partial charge >= 0.3 is 0 Å². The Hall–Kier alpha value is -1.68. The maximum absolute atomic E-state index is 11.5. The summed E-state index contributed by atoms with van der Waals surface area (Å²) in [4.78, 5) is 22.0. The monoisotopic (exact) mass is 220 g/mol. The Morgan fingerprint density at radius 3 is 2.88 bits per heavy atom. The molecule has 1 aromatic rings. The van der Waals surface area contributed by atoms with Crippen molar-refractivity contribution in [3.63, 3.8) is 0 Å². The average Bonchev–Trinajstić information content (AvgIpc) is 2.77. The van der Waals surface area contributed by atoms with E-state index in [-0.39, 0.29) is 17.3 Å². The first-order valence-electron chi connectivity index (χ1n) is 5.18. The predicted molar refractivity (Wildman–Crippen MR) is 56.0 cm³/mol. The first kappa shape index (κ1) is 10.8. The number of aldehydes is 1. The van der Waals surface area contributed by atoms with Crippen molar-refractivity contribution in [2.24, 2.45) is 0 Å². The first-order valence-corrected chi connectivity index (χ1v) is 5.18. The number of carbonyl (C=O) groups is 2. The third-order valence-corrected chi connectivity index (χ3v) is 2.62. The number of allylic oxidation sites excluding steroid dienone is 1. The van der Waals surface area contributed by atoms with Crippen LogP contribution in [0.5, 0.6) is 0 Å². The van der Waals surface area contributed by atoms with Gasteiger partial charge in [-0.2, -0.15) is 0 Å². The zero-order valence-electron chi connectivity index (χ0n) is 8.68. The van der Waals surface area contributed by atoms with E-state index in [1.165, 1.54) is 12.1 Å². The minimum absolute atomic E-state index is 0.0530. The van der Waals surface area contributed by atoms with Gasteiger partial charge in [0, 0.05) is 12.0 Å². The fraction of sp³-hybridized carbons (Fsp3) is 0.333. The highest BCUT2D eigenvalue weighted by atomic mass is 16.4. The summed E-state index contributed by atoms with van der Waals surface area (Å²) in [6, 6.07) is 2.98. The largest absolute Gasteiger partial charge is 0.455 e. The minimum atomic E-state index is -1.05. The van der Waals surface area contributed by atoms with Crippen molar-refractivity contribution in [3.05, 3.63) is 35.3 Å². The van der Waals surface area contributed by atoms with Crippen LogP contribution in [-0.4, -0.2) is 17.2 Å². The summed E-state index contributed by atoms with van der Waals surface area (Å²) in [5, 5.41) is 9.93. The van der Waals surface area contributed by atoms with Crippen LogP contribution in [0.15, 0.2) is 28.2 Å². The standard InChI is InChI=1S/C12H12O4/c13-7-8-5-6-11(16-8)12(15)9-3-1-2-4-10(9)14/h3,5-7,12,15H,1-2,4H2. The van der Waals surface area contributed by atoms with E-state index >= 15 is 0 Å². The summed E-state index contributed by atoms with van der Waals surface area (Å²) < 4.78 is 5.09. The molecular formula is C12H12O4. The van der Waals surface area contributed by atoms with E-state index in [1.807, 2.05) is 0 Å². The first-order chi connectivity index (χ1) is 7.72. The van der Waals surface area contributed by atoms with Gasteiger partial charge in [0.2, 0.25) is 0 Å². The molecule has 1 atom stereocenters. The van der Waals surface area contributed by atoms with Crippen molar-refractivity contribution in [3.8, 4) is 0 Å². The summed E-state index contributed by atoms with van der Waals surface area (Å²) in [6.45, 7) is 0. The molecule has 0 saturated carbocycles. The molecule has 84 valence electrons. The lowest BCUT2D eigenvalue weighted by atomic mass is 9.93. The molecule has 4 heteroatoms. The van der Waals surface area contributed by atoms with E-state index in [2.05, 4.69) is 0 Å². The van der Waals surface area contributed by atoms with Crippen molar-refractivity contribution in [1.29, 1.82) is 0 Å². The number of rotatable bonds is 3. The van der Waals surface area contributed by atoms with E-state index < -0.39 is 6.10 Å². The third-order valence-electron chi connectivity index (χ3n) is 2.62. The highest BCUT2D eigenvalue weighted by molar-refractivity contribution is 5.97. The summed E-state index contributed by atoms with van der Waals surface area (Å²) in [5.41, 5.74) is 0.373. The molecule has 1 unspecified atom stereocenters. The number of furan rings is 1. The summed E-state index contributed by atoms with van der Waals surface area (Å²) in [5.74, 6) is 0.337. The smallest absolute Gasteiger partial charge is 0.185 e. The van der Waals surface area contributed by atoms with Crippen LogP contribution in [0.2, 0.25) is 0 Å². The molecular weight excluding hydrogens is 208 g/mol. The van der Waals surface area contributed by atoms with Crippen molar-refractivity contribution in [2.75, 3.05) is 0 Å². The van der Waals surface area contributed by atoms with Crippen molar-refractivity contribution in [2.45, 2.75) is 25.4 Å². The second kappa shape index (κ2) is 4.45. The van der Waals surface area contributed by atoms with Crippen molar-refractivity contribution < 1.29 is 19.1 Å². The van der Waals surface area contributed by atoms with Gasteiger partial charge in [0.15, 0.2) is 17.8 Å². The van der Waals surface area contributed by atoms with Gasteiger partial charge in [-0.1, -0.05) is 6.08 Å². The van der Waals surface area contributed by atoms with Crippen LogP contribution in [0.3, 0.4) is 0 Å². The van der Waals surface area contributed by atoms with Crippen LogP contribution >= 0.6 is 0 Å². The molecule has 1 aromatic heterocycles. The highest BCUT2D eigenvalue weighted by Crippen LogP contribution is 2.28. The molecule has 1 N–H and O–H groups in total. The molecule has 0 aromatic carbocycles. The predicted octanol–water partition coefficient (Wildman–Crippen LogP) is 1.80. The molecule has 1 aliphatic carbocycles. The van der Waals surface area contributed by atoms with E-state index in [9.17, 15) is 14.7 Å². The van der Waals surface area contributed by atoms with Gasteiger partial charge < -0.3 is 9.52 Å². The quantitative estimate of drug-likeness (QED) is 0.789. The lowest BCUT2D eigenvalue weighted by Gasteiger charge is -2.15. The molecule has 1 heterocycles. The van der Waals surface area contributed by atoms with Crippen LogP contribution in [0.1, 0.15) is 41.7 Å². The third kappa shape index (κ3) is 1.97. The molecule has 16 heavy (non-hydrogen) atoms. The highest BCUT2D eigenvalue weighted by Gasteiger charge is 2.24. The average molecular weight is 220 g/mol. The zero-order chi connectivity index (χ0) is 11.5. The molecule has 0 spiro atoms. The Kier molecular flexibility index (Phi) is 3.01. The van der Waals surface area contributed by atoms with Crippen molar-refractivity contribution >= 4 is 12.1 Å². The molecule has 0 bridgehead atoms. The second-order valence-corrected chi connectivity index (χ2v) is 3.74. The van der Waals surface area contributed by atoms with Gasteiger partial charge in [-0.05, 0) is 25.0 Å². The number of aliphatic hydroxyl groups is 1. The number of Topliss-reactive ketones (excluding diaryl/α,β-unsaturated/α-hetero) is 1. The van der Waals surface area contributed by atoms with Crippen LogP contribution in [0, 0.1) is 0 Å². The Morgan fingerprint density at radius 2 is 2.25 bits per heavy atom. The second-order valence-electron chi connectivity index (χ2n) is 3.74. The molecule has 2 rings (SSSR count). The Labute approximate surface area is 92.6 Å². The number of ketones is 1. The van der Waals surface area contributed by atoms with Crippen LogP contribution in [-0.2, 0) is 4.79 Å². The summed E-state index contributed by atoms with van der Waals surface area (Å²) in [7, 11) is 0. The van der Waals surface area contributed by atoms with Crippen LogP contribution in [0.25, 0.3) is 0 Å². The summed E-state index contributed by atoms with van der Waals surface area (Å²) in [6.07, 6.45) is 3.32. The van der Waals surface area contributed by atoms with Gasteiger partial charge in [0.1, 0.15) is 11.9 Å². The zero-order valence-corrected chi connectivity index (χ0v) is 8.68. The van der Waals surface area contributed by atoms with E-state index in [4.69, 9.17) is 4.42 Å². The maximum atomic E-state index is 11.5. The number of hydrogen-bond donors (Lipinski definition) is 1. The Balaban J connectivity index is 2.23. The molecule has 0 saturated heterocycles. The minimum Gasteiger partial charge on any atom is -0.455 e. The molecule has 0 aliphatic heterocycles. The van der Waals surface area contributed by atoms with Gasteiger partial charge in [0.25, 0.3) is 0 Å². The van der Waals surface area contributed by atoms with E-state index in [1.54, 1.807) is 6.08 Å². The van der Waals surface area contributed by atoms with E-state index in [0.717, 1.165) is 12.8 Å². The van der Waals surface area contributed by atoms with Gasteiger partial charge in [-0.25, -0.2) is 0 Å².